The Kier molecular flexibility index (Phi) is 2.79. The molecule has 2 saturated heterocycles. The van der Waals surface area contributed by atoms with Crippen LogP contribution in [0.1, 0.15) is 30.9 Å². The minimum absolute atomic E-state index is 0.0675. The van der Waals surface area contributed by atoms with E-state index in [-0.39, 0.29) is 11.7 Å². The van der Waals surface area contributed by atoms with Gasteiger partial charge in [-0.3, -0.25) is 15.0 Å². The molecule has 1 amide bonds. The first-order valence-corrected chi connectivity index (χ1v) is 7.33. The van der Waals surface area contributed by atoms with Crippen LogP contribution in [0, 0.1) is 5.82 Å². The van der Waals surface area contributed by atoms with Gasteiger partial charge in [0.1, 0.15) is 11.9 Å². The number of hydrogen-bond acceptors (Lipinski definition) is 3. The Morgan fingerprint density at radius 1 is 1.30 bits per heavy atom. The van der Waals surface area contributed by atoms with Crippen LogP contribution in [0.25, 0.3) is 0 Å². The highest BCUT2D eigenvalue weighted by Crippen LogP contribution is 2.34. The quantitative estimate of drug-likeness (QED) is 0.862. The van der Waals surface area contributed by atoms with Crippen LogP contribution in [0.15, 0.2) is 18.2 Å². The predicted molar refractivity (Wildman–Crippen MR) is 73.9 cm³/mol. The average Bonchev–Trinajstić information content (AvgIpc) is 3.08. The molecule has 1 aromatic rings. The molecule has 3 unspecified atom stereocenters. The second kappa shape index (κ2) is 4.53. The van der Waals surface area contributed by atoms with Crippen molar-refractivity contribution >= 4 is 11.6 Å². The molecule has 5 heteroatoms. The van der Waals surface area contributed by atoms with Gasteiger partial charge < -0.3 is 5.32 Å². The smallest absolute Gasteiger partial charge is 0.246 e. The summed E-state index contributed by atoms with van der Waals surface area (Å²) in [6.07, 6.45) is 3.51. The SMILES string of the molecule is O=C1Nc2ccc(F)cc2C1NC1CCN2CCCC12. The number of nitrogens with zero attached hydrogens (tertiary/aromatic N) is 1. The molecule has 20 heavy (non-hydrogen) atoms. The van der Waals surface area contributed by atoms with Crippen molar-refractivity contribution in [2.45, 2.75) is 37.4 Å². The molecule has 3 heterocycles. The predicted octanol–water partition coefficient (Wildman–Crippen LogP) is 1.65. The van der Waals surface area contributed by atoms with Crippen LogP contribution < -0.4 is 10.6 Å². The fourth-order valence-corrected chi connectivity index (χ4v) is 3.89. The van der Waals surface area contributed by atoms with E-state index in [1.807, 2.05) is 0 Å². The summed E-state index contributed by atoms with van der Waals surface area (Å²) < 4.78 is 13.4. The van der Waals surface area contributed by atoms with Crippen molar-refractivity contribution in [2.75, 3.05) is 18.4 Å². The highest BCUT2D eigenvalue weighted by Gasteiger charge is 2.40. The van der Waals surface area contributed by atoms with E-state index in [0.29, 0.717) is 12.1 Å². The first-order valence-electron chi connectivity index (χ1n) is 7.33. The number of benzene rings is 1. The van der Waals surface area contributed by atoms with Gasteiger partial charge in [0.25, 0.3) is 0 Å². The Morgan fingerprint density at radius 3 is 3.10 bits per heavy atom. The number of hydrogen-bond donors (Lipinski definition) is 2. The van der Waals surface area contributed by atoms with Crippen molar-refractivity contribution in [1.82, 2.24) is 10.2 Å². The minimum atomic E-state index is -0.411. The summed E-state index contributed by atoms with van der Waals surface area (Å²) in [7, 11) is 0. The van der Waals surface area contributed by atoms with Gasteiger partial charge in [0, 0.05) is 29.9 Å². The zero-order valence-electron chi connectivity index (χ0n) is 11.2. The van der Waals surface area contributed by atoms with E-state index >= 15 is 0 Å². The van der Waals surface area contributed by atoms with Crippen molar-refractivity contribution in [3.05, 3.63) is 29.6 Å². The van der Waals surface area contributed by atoms with Crippen LogP contribution in [-0.2, 0) is 4.79 Å². The number of carbonyl (C=O) groups is 1. The van der Waals surface area contributed by atoms with Crippen LogP contribution in [0.3, 0.4) is 0 Å². The standard InChI is InChI=1S/C15H18FN3O/c16-9-3-4-11-10(8-9)14(15(20)18-11)17-12-5-7-19-6-1-2-13(12)19/h3-4,8,12-14,17H,1-2,5-7H2,(H,18,20). The number of rotatable bonds is 2. The lowest BCUT2D eigenvalue weighted by Gasteiger charge is -2.24. The number of amides is 1. The average molecular weight is 275 g/mol. The first-order chi connectivity index (χ1) is 9.72. The summed E-state index contributed by atoms with van der Waals surface area (Å²) in [4.78, 5) is 14.6. The van der Waals surface area contributed by atoms with E-state index < -0.39 is 6.04 Å². The monoisotopic (exact) mass is 275 g/mol. The molecule has 0 bridgehead atoms. The molecule has 4 nitrogen and oxygen atoms in total. The molecule has 0 radical (unpaired) electrons. The van der Waals surface area contributed by atoms with Crippen molar-refractivity contribution in [2.24, 2.45) is 0 Å². The van der Waals surface area contributed by atoms with Crippen molar-refractivity contribution in [1.29, 1.82) is 0 Å². The van der Waals surface area contributed by atoms with Crippen LogP contribution in [-0.4, -0.2) is 36.0 Å². The molecule has 2 fully saturated rings. The third-order valence-corrected chi connectivity index (χ3v) is 4.83. The van der Waals surface area contributed by atoms with E-state index in [0.717, 1.165) is 24.2 Å². The van der Waals surface area contributed by atoms with Gasteiger partial charge in [0.2, 0.25) is 5.91 Å². The number of anilines is 1. The topological polar surface area (TPSA) is 44.4 Å². The maximum absolute atomic E-state index is 13.4. The zero-order chi connectivity index (χ0) is 13.7. The highest BCUT2D eigenvalue weighted by atomic mass is 19.1. The number of carbonyl (C=O) groups excluding carboxylic acids is 1. The zero-order valence-corrected chi connectivity index (χ0v) is 11.2. The molecule has 1 aromatic carbocycles. The Morgan fingerprint density at radius 2 is 2.20 bits per heavy atom. The summed E-state index contributed by atoms with van der Waals surface area (Å²) in [6.45, 7) is 2.28. The molecule has 2 N–H and O–H groups in total. The normalized spacial score (nSPS) is 32.2. The third kappa shape index (κ3) is 1.84. The van der Waals surface area contributed by atoms with Crippen molar-refractivity contribution in [3.8, 4) is 0 Å². The molecule has 0 saturated carbocycles. The third-order valence-electron chi connectivity index (χ3n) is 4.83. The fourth-order valence-electron chi connectivity index (χ4n) is 3.89. The second-order valence-electron chi connectivity index (χ2n) is 5.96. The molecular formula is C15H18FN3O. The molecule has 106 valence electrons. The number of fused-ring (bicyclic) bond motifs is 2. The van der Waals surface area contributed by atoms with Crippen LogP contribution >= 0.6 is 0 Å². The molecular weight excluding hydrogens is 257 g/mol. The summed E-state index contributed by atoms with van der Waals surface area (Å²) in [5.74, 6) is -0.358. The molecule has 3 atom stereocenters. The maximum atomic E-state index is 13.4. The van der Waals surface area contributed by atoms with E-state index in [9.17, 15) is 9.18 Å². The van der Waals surface area contributed by atoms with Gasteiger partial charge in [0.15, 0.2) is 0 Å². The van der Waals surface area contributed by atoms with Gasteiger partial charge in [-0.05, 0) is 44.0 Å². The lowest BCUT2D eigenvalue weighted by atomic mass is 10.0. The lowest BCUT2D eigenvalue weighted by Crippen LogP contribution is -2.42. The highest BCUT2D eigenvalue weighted by molar-refractivity contribution is 6.02. The number of nitrogens with one attached hydrogen (secondary N) is 2. The van der Waals surface area contributed by atoms with Gasteiger partial charge in [0.05, 0.1) is 0 Å². The van der Waals surface area contributed by atoms with Gasteiger partial charge in [-0.25, -0.2) is 4.39 Å². The molecule has 0 aliphatic carbocycles. The van der Waals surface area contributed by atoms with Gasteiger partial charge in [-0.15, -0.1) is 0 Å². The molecule has 3 aliphatic rings. The molecule has 0 spiro atoms. The maximum Gasteiger partial charge on any atom is 0.246 e. The summed E-state index contributed by atoms with van der Waals surface area (Å²) in [5, 5.41) is 6.29. The van der Waals surface area contributed by atoms with Crippen molar-refractivity contribution in [3.63, 3.8) is 0 Å². The van der Waals surface area contributed by atoms with E-state index in [1.54, 1.807) is 6.07 Å². The Labute approximate surface area is 117 Å². The Bertz CT molecular complexity index is 562. The molecule has 3 aliphatic heterocycles. The van der Waals surface area contributed by atoms with Crippen LogP contribution in [0.4, 0.5) is 10.1 Å². The van der Waals surface area contributed by atoms with Gasteiger partial charge in [-0.2, -0.15) is 0 Å². The largest absolute Gasteiger partial charge is 0.324 e. The van der Waals surface area contributed by atoms with Gasteiger partial charge >= 0.3 is 0 Å². The molecule has 4 rings (SSSR count). The summed E-state index contributed by atoms with van der Waals surface area (Å²) >= 11 is 0. The minimum Gasteiger partial charge on any atom is -0.324 e. The van der Waals surface area contributed by atoms with Crippen LogP contribution in [0.2, 0.25) is 0 Å². The lowest BCUT2D eigenvalue weighted by molar-refractivity contribution is -0.117. The Balaban J connectivity index is 1.57. The van der Waals surface area contributed by atoms with Crippen LogP contribution in [0.5, 0.6) is 0 Å². The molecule has 0 aromatic heterocycles. The Hall–Kier alpha value is -1.46. The van der Waals surface area contributed by atoms with Crippen molar-refractivity contribution < 1.29 is 9.18 Å². The summed E-state index contributed by atoms with van der Waals surface area (Å²) in [5.41, 5.74) is 1.47. The second-order valence-corrected chi connectivity index (χ2v) is 5.96. The van der Waals surface area contributed by atoms with E-state index in [2.05, 4.69) is 15.5 Å². The number of halogens is 1. The first kappa shape index (κ1) is 12.3. The van der Waals surface area contributed by atoms with Gasteiger partial charge in [-0.1, -0.05) is 0 Å². The fraction of sp³-hybridized carbons (Fsp3) is 0.533. The van der Waals surface area contributed by atoms with E-state index in [4.69, 9.17) is 0 Å². The summed E-state index contributed by atoms with van der Waals surface area (Å²) in [6, 6.07) is 4.96. The van der Waals surface area contributed by atoms with E-state index in [1.165, 1.54) is 31.5 Å².